The van der Waals surface area contributed by atoms with Crippen LogP contribution in [-0.4, -0.2) is 0 Å². The van der Waals surface area contributed by atoms with Crippen LogP contribution in [0.15, 0.2) is 72.8 Å². The molecular formula is C70H90. The summed E-state index contributed by atoms with van der Waals surface area (Å²) >= 11 is 0. The van der Waals surface area contributed by atoms with Crippen LogP contribution < -0.4 is 0 Å². The highest BCUT2D eigenvalue weighted by Crippen LogP contribution is 2.24. The van der Waals surface area contributed by atoms with Gasteiger partial charge in [-0.05, 0) is 115 Å². The first-order chi connectivity index (χ1) is 33.4. The predicted octanol–water partition coefficient (Wildman–Crippen LogP) is 18.6. The lowest BCUT2D eigenvalue weighted by Gasteiger charge is -2.13. The monoisotopic (exact) mass is 931 g/mol. The molecular weight excluding hydrogens is 841 g/mol. The zero-order chi connectivity index (χ0) is 51.8. The molecule has 0 aliphatic heterocycles. The van der Waals surface area contributed by atoms with Gasteiger partial charge in [-0.1, -0.05) is 251 Å². The Morgan fingerprint density at radius 2 is 0.614 bits per heavy atom. The predicted molar refractivity (Wildman–Crippen MR) is 309 cm³/mol. The molecule has 370 valence electrons. The Hall–Kier alpha value is -5.76. The molecule has 4 aromatic carbocycles. The van der Waals surface area contributed by atoms with Crippen molar-refractivity contribution in [2.24, 2.45) is 23.7 Å². The molecule has 0 nitrogen and oxygen atoms in total. The van der Waals surface area contributed by atoms with E-state index in [0.29, 0.717) is 35.5 Å². The third-order valence-corrected chi connectivity index (χ3v) is 11.3. The summed E-state index contributed by atoms with van der Waals surface area (Å²) in [6.07, 6.45) is 16.1. The van der Waals surface area contributed by atoms with E-state index in [1.807, 2.05) is 0 Å². The molecule has 0 aliphatic rings. The maximum absolute atomic E-state index is 3.42. The molecule has 0 radical (unpaired) electrons. The average Bonchev–Trinajstić information content (AvgIpc) is 3.31. The minimum Gasteiger partial charge on any atom is -0.0951 e. The van der Waals surface area contributed by atoms with Gasteiger partial charge >= 0.3 is 0 Å². The maximum atomic E-state index is 3.42. The fraction of sp³-hybridized carbons (Fsp3) is 0.486. The second kappa shape index (κ2) is 34.5. The van der Waals surface area contributed by atoms with E-state index in [0.717, 1.165) is 50.9 Å². The number of unbranched alkanes of at least 4 members (excludes halogenated alkanes) is 9. The average molecular weight is 931 g/mol. The fourth-order valence-corrected chi connectivity index (χ4v) is 7.52. The lowest BCUT2D eigenvalue weighted by atomic mass is 9.92. The first-order valence-electron chi connectivity index (χ1n) is 27.1. The largest absolute Gasteiger partial charge is 0.0951 e. The summed E-state index contributed by atoms with van der Waals surface area (Å²) in [6.45, 7) is 34.8. The molecule has 0 N–H and O–H groups in total. The van der Waals surface area contributed by atoms with Gasteiger partial charge < -0.3 is 0 Å². The summed E-state index contributed by atoms with van der Waals surface area (Å²) in [6, 6.07) is 25.7. The van der Waals surface area contributed by atoms with Crippen LogP contribution in [0.5, 0.6) is 0 Å². The van der Waals surface area contributed by atoms with E-state index in [2.05, 4.69) is 255 Å². The Kier molecular flexibility index (Phi) is 29.8. The number of hydrogen-bond donors (Lipinski definition) is 0. The zero-order valence-corrected chi connectivity index (χ0v) is 46.9. The molecule has 0 spiro atoms. The van der Waals surface area contributed by atoms with Crippen LogP contribution in [0.3, 0.4) is 0 Å². The SMILES string of the molecule is CCCCCCC.CCCCCCCCc1cc(C#Cc2cc(C#CC(C)C)cc(C#CC(C)C)c2)ccc1C(C)C.Cc1cc(C#Cc2cc(C#CC(C)C)cc(C#CC(C)C)c2)ccc1C(C)C. The highest BCUT2D eigenvalue weighted by molar-refractivity contribution is 5.55. The summed E-state index contributed by atoms with van der Waals surface area (Å²) < 4.78 is 0. The highest BCUT2D eigenvalue weighted by atomic mass is 14.1. The highest BCUT2D eigenvalue weighted by Gasteiger charge is 2.08. The van der Waals surface area contributed by atoms with Crippen molar-refractivity contribution in [1.29, 1.82) is 0 Å². The van der Waals surface area contributed by atoms with Crippen LogP contribution in [0.25, 0.3) is 0 Å². The molecule has 4 rings (SSSR count). The molecule has 0 fully saturated rings. The lowest BCUT2D eigenvalue weighted by Crippen LogP contribution is -1.98. The zero-order valence-electron chi connectivity index (χ0n) is 46.9. The standard InChI is InChI=1S/C35H44.C28H30.C7H16/c1-8-9-10-11-12-13-14-34-26-30(21-22-35(34)29(6)7)19-20-33-24-31(17-15-27(2)3)23-32(25-33)18-16-28(4)5;1-20(2)8-10-25-17-26(11-9-21(3)4)19-27(18-25)13-12-24-14-15-28(22(5)6)23(7)16-24;1-3-5-7-6-4-2/h21-29H,8-14H2,1-7H3;14-22H,1-7H3;3-7H2,1-2H3. The van der Waals surface area contributed by atoms with Crippen LogP contribution >= 0.6 is 0 Å². The van der Waals surface area contributed by atoms with Crippen LogP contribution in [0.4, 0.5) is 0 Å². The van der Waals surface area contributed by atoms with E-state index in [1.54, 1.807) is 0 Å². The Labute approximate surface area is 431 Å². The molecule has 0 heteroatoms. The molecule has 0 aromatic heterocycles. The van der Waals surface area contributed by atoms with E-state index in [9.17, 15) is 0 Å². The Balaban J connectivity index is 0.000000429. The van der Waals surface area contributed by atoms with E-state index in [1.165, 1.54) is 92.9 Å². The summed E-state index contributed by atoms with van der Waals surface area (Å²) in [5.74, 6) is 41.9. The molecule has 0 aliphatic carbocycles. The summed E-state index contributed by atoms with van der Waals surface area (Å²) in [4.78, 5) is 0. The quantitative estimate of drug-likeness (QED) is 0.0926. The molecule has 0 saturated carbocycles. The van der Waals surface area contributed by atoms with E-state index in [-0.39, 0.29) is 0 Å². The van der Waals surface area contributed by atoms with Crippen molar-refractivity contribution in [2.75, 3.05) is 0 Å². The van der Waals surface area contributed by atoms with Gasteiger partial charge in [0.05, 0.1) is 0 Å². The van der Waals surface area contributed by atoms with Crippen molar-refractivity contribution in [1.82, 2.24) is 0 Å². The van der Waals surface area contributed by atoms with Crippen LogP contribution in [0.2, 0.25) is 0 Å². The molecule has 0 amide bonds. The van der Waals surface area contributed by atoms with Gasteiger partial charge in [0, 0.05) is 68.2 Å². The van der Waals surface area contributed by atoms with Crippen molar-refractivity contribution in [3.05, 3.63) is 140 Å². The number of rotatable bonds is 13. The lowest BCUT2D eigenvalue weighted by molar-refractivity contribution is 0.605. The van der Waals surface area contributed by atoms with Crippen LogP contribution in [-0.2, 0) is 6.42 Å². The first-order valence-corrected chi connectivity index (χ1v) is 27.1. The summed E-state index contributed by atoms with van der Waals surface area (Å²) in [5, 5.41) is 0. The van der Waals surface area contributed by atoms with Crippen LogP contribution in [0.1, 0.15) is 253 Å². The topological polar surface area (TPSA) is 0 Å². The minimum absolute atomic E-state index is 0.333. The van der Waals surface area contributed by atoms with Crippen molar-refractivity contribution < 1.29 is 0 Å². The van der Waals surface area contributed by atoms with Gasteiger partial charge in [-0.3, -0.25) is 0 Å². The summed E-state index contributed by atoms with van der Waals surface area (Å²) in [5.41, 5.74) is 13.6. The molecule has 0 atom stereocenters. The second-order valence-corrected chi connectivity index (χ2v) is 20.7. The molecule has 4 aromatic rings. The van der Waals surface area contributed by atoms with Gasteiger partial charge in [0.25, 0.3) is 0 Å². The first kappa shape index (κ1) is 60.4. The molecule has 0 unspecified atom stereocenters. The Bertz CT molecular complexity index is 2490. The van der Waals surface area contributed by atoms with Crippen molar-refractivity contribution in [3.63, 3.8) is 0 Å². The molecule has 70 heavy (non-hydrogen) atoms. The van der Waals surface area contributed by atoms with Gasteiger partial charge in [-0.25, -0.2) is 0 Å². The molecule has 0 bridgehead atoms. The smallest absolute Gasteiger partial charge is 0.0273 e. The van der Waals surface area contributed by atoms with Crippen molar-refractivity contribution in [3.8, 4) is 71.0 Å². The van der Waals surface area contributed by atoms with Gasteiger partial charge in [-0.2, -0.15) is 0 Å². The van der Waals surface area contributed by atoms with Gasteiger partial charge in [0.1, 0.15) is 0 Å². The van der Waals surface area contributed by atoms with Gasteiger partial charge in [0.15, 0.2) is 0 Å². The summed E-state index contributed by atoms with van der Waals surface area (Å²) in [7, 11) is 0. The van der Waals surface area contributed by atoms with Gasteiger partial charge in [-0.15, -0.1) is 0 Å². The maximum Gasteiger partial charge on any atom is 0.0273 e. The number of aryl methyl sites for hydroxylation is 2. The second-order valence-electron chi connectivity index (χ2n) is 20.7. The Morgan fingerprint density at radius 1 is 0.314 bits per heavy atom. The third kappa shape index (κ3) is 26.3. The van der Waals surface area contributed by atoms with Gasteiger partial charge in [0.2, 0.25) is 0 Å². The van der Waals surface area contributed by atoms with E-state index >= 15 is 0 Å². The van der Waals surface area contributed by atoms with Crippen molar-refractivity contribution in [2.45, 2.75) is 200 Å². The van der Waals surface area contributed by atoms with E-state index in [4.69, 9.17) is 0 Å². The molecule has 0 heterocycles. The number of benzene rings is 4. The fourth-order valence-electron chi connectivity index (χ4n) is 7.52. The Morgan fingerprint density at radius 3 is 0.957 bits per heavy atom. The molecule has 0 saturated heterocycles. The third-order valence-electron chi connectivity index (χ3n) is 11.3. The van der Waals surface area contributed by atoms with E-state index < -0.39 is 0 Å². The van der Waals surface area contributed by atoms with Crippen LogP contribution in [0, 0.1) is 102 Å². The number of hydrogen-bond acceptors (Lipinski definition) is 0. The van der Waals surface area contributed by atoms with Crippen molar-refractivity contribution >= 4 is 0 Å². The minimum atomic E-state index is 0.333. The normalized spacial score (nSPS) is 10.2.